The SMILES string of the molecule is CCOCc1cc(CN2CCC[C@@H](Nc3ccc(F)cc3)C2)ccc1OC. The zero-order valence-corrected chi connectivity index (χ0v) is 16.2. The van der Waals surface area contributed by atoms with Gasteiger partial charge >= 0.3 is 0 Å². The summed E-state index contributed by atoms with van der Waals surface area (Å²) in [6, 6.07) is 13.3. The molecule has 0 amide bonds. The van der Waals surface area contributed by atoms with E-state index in [2.05, 4.69) is 22.3 Å². The number of methoxy groups -OCH3 is 1. The van der Waals surface area contributed by atoms with Gasteiger partial charge < -0.3 is 14.8 Å². The molecule has 2 aromatic carbocycles. The first-order valence-corrected chi connectivity index (χ1v) is 9.66. The molecular formula is C22H29FN2O2. The number of piperidine rings is 1. The molecule has 5 heteroatoms. The highest BCUT2D eigenvalue weighted by Gasteiger charge is 2.20. The van der Waals surface area contributed by atoms with Crippen LogP contribution in [0.3, 0.4) is 0 Å². The number of anilines is 1. The molecule has 1 aliphatic rings. The minimum absolute atomic E-state index is 0.201. The molecule has 2 aromatic rings. The molecule has 1 aliphatic heterocycles. The molecule has 4 nitrogen and oxygen atoms in total. The van der Waals surface area contributed by atoms with Crippen LogP contribution in [-0.2, 0) is 17.9 Å². The number of ether oxygens (including phenoxy) is 2. The maximum Gasteiger partial charge on any atom is 0.124 e. The fraction of sp³-hybridized carbons (Fsp3) is 0.455. The number of nitrogens with one attached hydrogen (secondary N) is 1. The Morgan fingerprint density at radius 2 is 2.00 bits per heavy atom. The Morgan fingerprint density at radius 1 is 1.19 bits per heavy atom. The Labute approximate surface area is 161 Å². The van der Waals surface area contributed by atoms with Crippen molar-refractivity contribution in [3.05, 3.63) is 59.4 Å². The maximum atomic E-state index is 13.1. The van der Waals surface area contributed by atoms with Gasteiger partial charge in [-0.2, -0.15) is 0 Å². The van der Waals surface area contributed by atoms with E-state index < -0.39 is 0 Å². The van der Waals surface area contributed by atoms with Gasteiger partial charge in [-0.15, -0.1) is 0 Å². The molecule has 0 aliphatic carbocycles. The third kappa shape index (κ3) is 5.68. The second kappa shape index (κ2) is 9.72. The Bertz CT molecular complexity index is 721. The largest absolute Gasteiger partial charge is 0.496 e. The number of nitrogens with zero attached hydrogens (tertiary/aromatic N) is 1. The summed E-state index contributed by atoms with van der Waals surface area (Å²) >= 11 is 0. The third-order valence-corrected chi connectivity index (χ3v) is 4.93. The monoisotopic (exact) mass is 372 g/mol. The first-order valence-electron chi connectivity index (χ1n) is 9.66. The summed E-state index contributed by atoms with van der Waals surface area (Å²) in [7, 11) is 1.70. The van der Waals surface area contributed by atoms with Crippen molar-refractivity contribution in [1.82, 2.24) is 4.90 Å². The highest BCUT2D eigenvalue weighted by atomic mass is 19.1. The van der Waals surface area contributed by atoms with E-state index >= 15 is 0 Å². The van der Waals surface area contributed by atoms with Crippen LogP contribution in [0.25, 0.3) is 0 Å². The second-order valence-corrected chi connectivity index (χ2v) is 7.01. The van der Waals surface area contributed by atoms with Crippen molar-refractivity contribution in [2.45, 2.75) is 39.0 Å². The van der Waals surface area contributed by atoms with Crippen molar-refractivity contribution in [3.63, 3.8) is 0 Å². The van der Waals surface area contributed by atoms with Crippen molar-refractivity contribution >= 4 is 5.69 Å². The molecule has 0 spiro atoms. The lowest BCUT2D eigenvalue weighted by Gasteiger charge is -2.33. The van der Waals surface area contributed by atoms with Gasteiger partial charge in [0.2, 0.25) is 0 Å². The number of halogens is 1. The smallest absolute Gasteiger partial charge is 0.124 e. The molecule has 0 saturated carbocycles. The van der Waals surface area contributed by atoms with Crippen LogP contribution in [0.4, 0.5) is 10.1 Å². The Hall–Kier alpha value is -2.11. The highest BCUT2D eigenvalue weighted by Crippen LogP contribution is 2.23. The summed E-state index contributed by atoms with van der Waals surface area (Å²) in [4.78, 5) is 2.47. The summed E-state index contributed by atoms with van der Waals surface area (Å²) in [5.74, 6) is 0.676. The summed E-state index contributed by atoms with van der Waals surface area (Å²) in [6.45, 7) is 6.24. The second-order valence-electron chi connectivity index (χ2n) is 7.01. The minimum atomic E-state index is -0.201. The Balaban J connectivity index is 1.60. The van der Waals surface area contributed by atoms with Crippen LogP contribution >= 0.6 is 0 Å². The molecule has 1 atom stereocenters. The van der Waals surface area contributed by atoms with Crippen LogP contribution in [0.5, 0.6) is 5.75 Å². The molecule has 1 N–H and O–H groups in total. The van der Waals surface area contributed by atoms with E-state index in [4.69, 9.17) is 9.47 Å². The maximum absolute atomic E-state index is 13.1. The van der Waals surface area contributed by atoms with Crippen LogP contribution in [0, 0.1) is 5.82 Å². The molecule has 0 radical (unpaired) electrons. The van der Waals surface area contributed by atoms with Gasteiger partial charge in [0.1, 0.15) is 11.6 Å². The fourth-order valence-corrected chi connectivity index (χ4v) is 3.61. The molecular weight excluding hydrogens is 343 g/mol. The molecule has 1 fully saturated rings. The number of rotatable bonds is 8. The average Bonchev–Trinajstić information content (AvgIpc) is 2.68. The van der Waals surface area contributed by atoms with E-state index in [-0.39, 0.29) is 5.82 Å². The van der Waals surface area contributed by atoms with E-state index in [0.717, 1.165) is 49.5 Å². The average molecular weight is 372 g/mol. The molecule has 146 valence electrons. The summed E-state index contributed by atoms with van der Waals surface area (Å²) in [5.41, 5.74) is 3.34. The third-order valence-electron chi connectivity index (χ3n) is 4.93. The lowest BCUT2D eigenvalue weighted by atomic mass is 10.0. The van der Waals surface area contributed by atoms with E-state index in [0.29, 0.717) is 19.3 Å². The van der Waals surface area contributed by atoms with E-state index in [1.807, 2.05) is 13.0 Å². The van der Waals surface area contributed by atoms with Crippen LogP contribution in [0.2, 0.25) is 0 Å². The van der Waals surface area contributed by atoms with Gasteiger partial charge in [0.25, 0.3) is 0 Å². The summed E-state index contributed by atoms with van der Waals surface area (Å²) < 4.78 is 24.1. The number of benzene rings is 2. The molecule has 0 unspecified atom stereocenters. The predicted octanol–water partition coefficient (Wildman–Crippen LogP) is 4.45. The zero-order chi connectivity index (χ0) is 19.1. The van der Waals surface area contributed by atoms with Gasteiger partial charge in [0, 0.05) is 37.0 Å². The van der Waals surface area contributed by atoms with E-state index in [1.165, 1.54) is 17.7 Å². The van der Waals surface area contributed by atoms with Gasteiger partial charge in [-0.3, -0.25) is 4.90 Å². The first kappa shape index (κ1) is 19.6. The number of likely N-dealkylation sites (tertiary alicyclic amines) is 1. The Morgan fingerprint density at radius 3 is 2.74 bits per heavy atom. The van der Waals surface area contributed by atoms with Crippen molar-refractivity contribution < 1.29 is 13.9 Å². The normalized spacial score (nSPS) is 17.7. The minimum Gasteiger partial charge on any atom is -0.496 e. The van der Waals surface area contributed by atoms with Crippen LogP contribution in [-0.4, -0.2) is 37.7 Å². The zero-order valence-electron chi connectivity index (χ0n) is 16.2. The summed E-state index contributed by atoms with van der Waals surface area (Å²) in [6.07, 6.45) is 2.28. The first-order chi connectivity index (χ1) is 13.2. The van der Waals surface area contributed by atoms with Crippen molar-refractivity contribution in [1.29, 1.82) is 0 Å². The van der Waals surface area contributed by atoms with Crippen molar-refractivity contribution in [2.24, 2.45) is 0 Å². The van der Waals surface area contributed by atoms with Gasteiger partial charge in [0.15, 0.2) is 0 Å². The topological polar surface area (TPSA) is 33.7 Å². The molecule has 1 saturated heterocycles. The van der Waals surface area contributed by atoms with Crippen LogP contribution < -0.4 is 10.1 Å². The lowest BCUT2D eigenvalue weighted by Crippen LogP contribution is -2.41. The number of hydrogen-bond donors (Lipinski definition) is 1. The molecule has 3 rings (SSSR count). The fourth-order valence-electron chi connectivity index (χ4n) is 3.61. The Kier molecular flexibility index (Phi) is 7.07. The van der Waals surface area contributed by atoms with E-state index in [9.17, 15) is 4.39 Å². The summed E-state index contributed by atoms with van der Waals surface area (Å²) in [5, 5.41) is 3.53. The van der Waals surface area contributed by atoms with Gasteiger partial charge in [-0.1, -0.05) is 6.07 Å². The molecule has 1 heterocycles. The molecule has 0 aromatic heterocycles. The highest BCUT2D eigenvalue weighted by molar-refractivity contribution is 5.44. The quantitative estimate of drug-likeness (QED) is 0.742. The van der Waals surface area contributed by atoms with Crippen molar-refractivity contribution in [2.75, 3.05) is 32.1 Å². The van der Waals surface area contributed by atoms with Gasteiger partial charge in [-0.05, 0) is 68.3 Å². The van der Waals surface area contributed by atoms with Gasteiger partial charge in [0.05, 0.1) is 13.7 Å². The van der Waals surface area contributed by atoms with Crippen LogP contribution in [0.15, 0.2) is 42.5 Å². The van der Waals surface area contributed by atoms with Gasteiger partial charge in [-0.25, -0.2) is 4.39 Å². The molecule has 0 bridgehead atoms. The lowest BCUT2D eigenvalue weighted by molar-refractivity contribution is 0.131. The van der Waals surface area contributed by atoms with Crippen LogP contribution in [0.1, 0.15) is 30.9 Å². The number of hydrogen-bond acceptors (Lipinski definition) is 4. The molecule has 27 heavy (non-hydrogen) atoms. The van der Waals surface area contributed by atoms with Crippen molar-refractivity contribution in [3.8, 4) is 5.75 Å². The van der Waals surface area contributed by atoms with E-state index in [1.54, 1.807) is 19.2 Å². The predicted molar refractivity (Wildman–Crippen MR) is 107 cm³/mol. The standard InChI is InChI=1S/C22H29FN2O2/c1-3-27-16-18-13-17(6-11-22(18)26-2)14-25-12-4-5-21(15-25)24-20-9-7-19(23)8-10-20/h6-11,13,21,24H,3-5,12,14-16H2,1-2H3/t21-/m1/s1.